The maximum Gasteiger partial charge on any atom is 0.251 e. The Morgan fingerprint density at radius 1 is 1.43 bits per heavy atom. The number of nitrogens with zero attached hydrogens (tertiary/aromatic N) is 1. The number of ether oxygens (including phenoxy) is 1. The molecule has 1 aliphatic rings. The Balaban J connectivity index is 1.94. The highest BCUT2D eigenvalue weighted by molar-refractivity contribution is 9.10. The summed E-state index contributed by atoms with van der Waals surface area (Å²) in [5.41, 5.74) is 0.507. The van der Waals surface area contributed by atoms with Crippen molar-refractivity contribution in [3.8, 4) is 0 Å². The number of carbonyl (C=O) groups excluding carboxylic acids is 1. The Hall–Kier alpha value is -0.620. The lowest BCUT2D eigenvalue weighted by atomic mass is 10.0. The summed E-state index contributed by atoms with van der Waals surface area (Å²) < 4.78 is 6.09. The predicted molar refractivity (Wildman–Crippen MR) is 88.0 cm³/mol. The van der Waals surface area contributed by atoms with Crippen LogP contribution in [0.2, 0.25) is 5.02 Å². The van der Waals surface area contributed by atoms with Gasteiger partial charge in [-0.1, -0.05) is 11.6 Å². The number of hydrogen-bond acceptors (Lipinski definition) is 3. The van der Waals surface area contributed by atoms with Gasteiger partial charge in [0.15, 0.2) is 0 Å². The zero-order valence-corrected chi connectivity index (χ0v) is 14.6. The average Bonchev–Trinajstić information content (AvgIpc) is 2.48. The summed E-state index contributed by atoms with van der Waals surface area (Å²) in [6.07, 6.45) is 0. The fourth-order valence-corrected chi connectivity index (χ4v) is 2.81. The van der Waals surface area contributed by atoms with E-state index in [1.54, 1.807) is 18.2 Å². The van der Waals surface area contributed by atoms with Crippen LogP contribution >= 0.6 is 27.5 Å². The Labute approximate surface area is 138 Å². The van der Waals surface area contributed by atoms with E-state index in [2.05, 4.69) is 40.0 Å². The molecule has 1 saturated heterocycles. The number of amides is 1. The van der Waals surface area contributed by atoms with Gasteiger partial charge in [0.2, 0.25) is 0 Å². The summed E-state index contributed by atoms with van der Waals surface area (Å²) in [6, 6.07) is 5.18. The zero-order chi connectivity index (χ0) is 15.5. The van der Waals surface area contributed by atoms with E-state index in [-0.39, 0.29) is 11.4 Å². The van der Waals surface area contributed by atoms with Gasteiger partial charge in [-0.15, -0.1) is 0 Å². The molecule has 1 amide bonds. The van der Waals surface area contributed by atoms with Crippen LogP contribution in [-0.2, 0) is 4.74 Å². The third-order valence-corrected chi connectivity index (χ3v) is 4.94. The number of hydrogen-bond donors (Lipinski definition) is 1. The molecule has 116 valence electrons. The third kappa shape index (κ3) is 4.42. The normalized spacial score (nSPS) is 16.8. The minimum atomic E-state index is -0.0941. The van der Waals surface area contributed by atoms with E-state index in [1.165, 1.54) is 0 Å². The lowest BCUT2D eigenvalue weighted by Crippen LogP contribution is -2.55. The molecule has 0 saturated carbocycles. The largest absolute Gasteiger partial charge is 0.379 e. The molecule has 1 N–H and O–H groups in total. The van der Waals surface area contributed by atoms with Crippen molar-refractivity contribution in [1.29, 1.82) is 0 Å². The van der Waals surface area contributed by atoms with Crippen LogP contribution < -0.4 is 5.32 Å². The molecule has 1 aliphatic heterocycles. The molecule has 2 rings (SSSR count). The molecule has 1 aromatic rings. The summed E-state index contributed by atoms with van der Waals surface area (Å²) in [5, 5.41) is 3.60. The summed E-state index contributed by atoms with van der Waals surface area (Å²) in [7, 11) is 0. The van der Waals surface area contributed by atoms with E-state index >= 15 is 0 Å². The van der Waals surface area contributed by atoms with Gasteiger partial charge in [0.25, 0.3) is 5.91 Å². The number of halogens is 2. The van der Waals surface area contributed by atoms with E-state index in [9.17, 15) is 4.79 Å². The minimum absolute atomic E-state index is 0.0892. The van der Waals surface area contributed by atoms with Crippen molar-refractivity contribution >= 4 is 33.4 Å². The van der Waals surface area contributed by atoms with Crippen molar-refractivity contribution in [2.45, 2.75) is 19.4 Å². The van der Waals surface area contributed by atoms with Crippen molar-refractivity contribution in [3.05, 3.63) is 33.3 Å². The summed E-state index contributed by atoms with van der Waals surface area (Å²) in [5.74, 6) is -0.0892. The average molecular weight is 376 g/mol. The van der Waals surface area contributed by atoms with Crippen LogP contribution in [-0.4, -0.2) is 49.2 Å². The van der Waals surface area contributed by atoms with Crippen LogP contribution in [0.3, 0.4) is 0 Å². The van der Waals surface area contributed by atoms with E-state index in [0.29, 0.717) is 17.1 Å². The Kier molecular flexibility index (Phi) is 5.66. The molecule has 1 aromatic carbocycles. The molecular weight excluding hydrogens is 356 g/mol. The van der Waals surface area contributed by atoms with Gasteiger partial charge in [0, 0.05) is 35.2 Å². The number of rotatable bonds is 4. The van der Waals surface area contributed by atoms with Crippen LogP contribution in [0.1, 0.15) is 24.2 Å². The van der Waals surface area contributed by atoms with Gasteiger partial charge >= 0.3 is 0 Å². The van der Waals surface area contributed by atoms with E-state index in [0.717, 1.165) is 30.8 Å². The predicted octanol–water partition coefficient (Wildman–Crippen LogP) is 2.94. The molecule has 0 radical (unpaired) electrons. The molecule has 0 bridgehead atoms. The second-order valence-electron chi connectivity index (χ2n) is 5.72. The standard InChI is InChI=1S/C15H20BrClN2O2/c1-15(2,19-5-7-21-8-6-19)10-18-14(20)11-3-4-13(17)12(16)9-11/h3-4,9H,5-8,10H2,1-2H3,(H,18,20). The fourth-order valence-electron chi connectivity index (χ4n) is 2.32. The SMILES string of the molecule is CC(C)(CNC(=O)c1ccc(Cl)c(Br)c1)N1CCOCC1. The van der Waals surface area contributed by atoms with E-state index in [4.69, 9.17) is 16.3 Å². The zero-order valence-electron chi connectivity index (χ0n) is 12.3. The van der Waals surface area contributed by atoms with Gasteiger partial charge in [-0.3, -0.25) is 9.69 Å². The van der Waals surface area contributed by atoms with Crippen molar-refractivity contribution in [1.82, 2.24) is 10.2 Å². The lowest BCUT2D eigenvalue weighted by Gasteiger charge is -2.40. The second kappa shape index (κ2) is 7.09. The van der Waals surface area contributed by atoms with Gasteiger partial charge < -0.3 is 10.1 Å². The Bertz CT molecular complexity index is 516. The fraction of sp³-hybridized carbons (Fsp3) is 0.533. The second-order valence-corrected chi connectivity index (χ2v) is 6.98. The smallest absolute Gasteiger partial charge is 0.251 e. The number of benzene rings is 1. The molecule has 6 heteroatoms. The van der Waals surface area contributed by atoms with Gasteiger partial charge in [0.1, 0.15) is 0 Å². The number of nitrogens with one attached hydrogen (secondary N) is 1. The molecule has 4 nitrogen and oxygen atoms in total. The van der Waals surface area contributed by atoms with E-state index < -0.39 is 0 Å². The topological polar surface area (TPSA) is 41.6 Å². The maximum atomic E-state index is 12.2. The highest BCUT2D eigenvalue weighted by Crippen LogP contribution is 2.23. The van der Waals surface area contributed by atoms with Crippen LogP contribution in [0.15, 0.2) is 22.7 Å². The first-order chi connectivity index (χ1) is 9.90. The molecule has 0 aromatic heterocycles. The van der Waals surface area contributed by atoms with Crippen LogP contribution in [0, 0.1) is 0 Å². The highest BCUT2D eigenvalue weighted by Gasteiger charge is 2.28. The van der Waals surface area contributed by atoms with Crippen molar-refractivity contribution in [2.24, 2.45) is 0 Å². The van der Waals surface area contributed by atoms with Crippen LogP contribution in [0.5, 0.6) is 0 Å². The van der Waals surface area contributed by atoms with Crippen molar-refractivity contribution < 1.29 is 9.53 Å². The summed E-state index contributed by atoms with van der Waals surface area (Å²) in [4.78, 5) is 14.6. The molecule has 0 aliphatic carbocycles. The first-order valence-corrected chi connectivity index (χ1v) is 8.13. The van der Waals surface area contributed by atoms with Gasteiger partial charge in [0.05, 0.1) is 18.2 Å². The summed E-state index contributed by atoms with van der Waals surface area (Å²) in [6.45, 7) is 8.16. The quantitative estimate of drug-likeness (QED) is 0.880. The lowest BCUT2D eigenvalue weighted by molar-refractivity contribution is -0.00923. The third-order valence-electron chi connectivity index (χ3n) is 3.73. The van der Waals surface area contributed by atoms with Gasteiger partial charge in [-0.05, 0) is 48.0 Å². The number of carbonyl (C=O) groups is 1. The van der Waals surface area contributed by atoms with Gasteiger partial charge in [-0.2, -0.15) is 0 Å². The van der Waals surface area contributed by atoms with E-state index in [1.807, 2.05) is 0 Å². The molecule has 0 atom stereocenters. The molecule has 0 spiro atoms. The first-order valence-electron chi connectivity index (χ1n) is 6.96. The molecule has 1 heterocycles. The maximum absolute atomic E-state index is 12.2. The first kappa shape index (κ1) is 16.7. The Morgan fingerprint density at radius 3 is 2.71 bits per heavy atom. The molecule has 1 fully saturated rings. The highest BCUT2D eigenvalue weighted by atomic mass is 79.9. The van der Waals surface area contributed by atoms with Gasteiger partial charge in [-0.25, -0.2) is 0 Å². The molecule has 21 heavy (non-hydrogen) atoms. The van der Waals surface area contributed by atoms with Crippen LogP contribution in [0.25, 0.3) is 0 Å². The monoisotopic (exact) mass is 374 g/mol. The van der Waals surface area contributed by atoms with Crippen molar-refractivity contribution in [2.75, 3.05) is 32.8 Å². The molecular formula is C15H20BrClN2O2. The van der Waals surface area contributed by atoms with Crippen LogP contribution in [0.4, 0.5) is 0 Å². The molecule has 0 unspecified atom stereocenters. The Morgan fingerprint density at radius 2 is 2.10 bits per heavy atom. The minimum Gasteiger partial charge on any atom is -0.379 e. The summed E-state index contributed by atoms with van der Waals surface area (Å²) >= 11 is 9.27. The number of morpholine rings is 1. The van der Waals surface area contributed by atoms with Crippen molar-refractivity contribution in [3.63, 3.8) is 0 Å².